The number of nitrogens with one attached hydrogen (secondary N) is 2. The zero-order chi connectivity index (χ0) is 16.4. The van der Waals surface area contributed by atoms with Crippen molar-refractivity contribution in [1.29, 1.82) is 0 Å². The number of aryl methyl sites for hydroxylation is 1. The number of aromatic nitrogens is 4. The summed E-state index contributed by atoms with van der Waals surface area (Å²) in [7, 11) is 0. The van der Waals surface area contributed by atoms with Crippen LogP contribution in [-0.4, -0.2) is 32.7 Å². The van der Waals surface area contributed by atoms with Crippen LogP contribution in [0, 0.1) is 12.8 Å². The molecule has 2 aromatic heterocycles. The zero-order valence-electron chi connectivity index (χ0n) is 13.8. The molecule has 0 aliphatic carbocycles. The molecule has 0 saturated heterocycles. The normalized spacial score (nSPS) is 16.6. The molecule has 3 aromatic rings. The van der Waals surface area contributed by atoms with Gasteiger partial charge < -0.3 is 10.6 Å². The molecule has 1 atom stereocenters. The molecule has 0 bridgehead atoms. The van der Waals surface area contributed by atoms with Gasteiger partial charge in [-0.25, -0.2) is 9.36 Å². The summed E-state index contributed by atoms with van der Waals surface area (Å²) in [5.41, 5.74) is 3.44. The first-order valence-electron chi connectivity index (χ1n) is 8.36. The first-order valence-corrected chi connectivity index (χ1v) is 8.36. The average Bonchev–Trinajstić information content (AvgIpc) is 3.24. The molecule has 0 saturated carbocycles. The summed E-state index contributed by atoms with van der Waals surface area (Å²) in [6.45, 7) is 5.86. The minimum atomic E-state index is 0.556. The smallest absolute Gasteiger partial charge is 0.124 e. The lowest BCUT2D eigenvalue weighted by Gasteiger charge is -2.25. The van der Waals surface area contributed by atoms with Crippen LogP contribution in [0.4, 0.5) is 5.82 Å². The number of rotatable bonds is 5. The molecule has 0 fully saturated rings. The Kier molecular flexibility index (Phi) is 4.04. The monoisotopic (exact) mass is 322 g/mol. The number of nitrogens with zero attached hydrogens (tertiary/aromatic N) is 4. The van der Waals surface area contributed by atoms with Gasteiger partial charge in [0, 0.05) is 50.6 Å². The summed E-state index contributed by atoms with van der Waals surface area (Å²) in [5.74, 6) is 1.69. The molecule has 24 heavy (non-hydrogen) atoms. The fourth-order valence-corrected chi connectivity index (χ4v) is 3.13. The highest BCUT2D eigenvalue weighted by molar-refractivity contribution is 5.38. The summed E-state index contributed by atoms with van der Waals surface area (Å²) >= 11 is 0. The van der Waals surface area contributed by atoms with E-state index in [2.05, 4.69) is 55.8 Å². The van der Waals surface area contributed by atoms with E-state index in [4.69, 9.17) is 0 Å². The van der Waals surface area contributed by atoms with Gasteiger partial charge in [0.2, 0.25) is 0 Å². The topological polar surface area (TPSA) is 59.7 Å². The summed E-state index contributed by atoms with van der Waals surface area (Å²) in [4.78, 5) is 0. The molecule has 1 aromatic carbocycles. The second-order valence-electron chi connectivity index (χ2n) is 6.35. The highest BCUT2D eigenvalue weighted by Crippen LogP contribution is 2.18. The molecule has 4 rings (SSSR count). The molecule has 1 aliphatic rings. The molecule has 6 nitrogen and oxygen atoms in total. The van der Waals surface area contributed by atoms with E-state index >= 15 is 0 Å². The van der Waals surface area contributed by atoms with Gasteiger partial charge in [0.05, 0.1) is 11.4 Å². The lowest BCUT2D eigenvalue weighted by Crippen LogP contribution is -2.35. The molecule has 3 heterocycles. The zero-order valence-corrected chi connectivity index (χ0v) is 13.8. The van der Waals surface area contributed by atoms with Gasteiger partial charge in [-0.3, -0.25) is 0 Å². The van der Waals surface area contributed by atoms with Crippen LogP contribution in [0.5, 0.6) is 0 Å². The van der Waals surface area contributed by atoms with E-state index in [1.165, 1.54) is 5.56 Å². The van der Waals surface area contributed by atoms with E-state index < -0.39 is 0 Å². The number of hydrogen-bond acceptors (Lipinski definition) is 4. The molecule has 6 heteroatoms. The Bertz CT molecular complexity index is 788. The number of anilines is 1. The minimum absolute atomic E-state index is 0.556. The molecular formula is C18H22N6. The Labute approximate surface area is 141 Å². The maximum absolute atomic E-state index is 4.52. The van der Waals surface area contributed by atoms with Crippen LogP contribution >= 0.6 is 0 Å². The number of hydrogen-bond donors (Lipinski definition) is 2. The van der Waals surface area contributed by atoms with Gasteiger partial charge in [0.1, 0.15) is 5.82 Å². The molecule has 0 amide bonds. The molecule has 2 N–H and O–H groups in total. The van der Waals surface area contributed by atoms with Gasteiger partial charge in [0.15, 0.2) is 0 Å². The van der Waals surface area contributed by atoms with Crippen LogP contribution in [0.25, 0.3) is 5.69 Å². The molecular weight excluding hydrogens is 300 g/mol. The third-order valence-electron chi connectivity index (χ3n) is 4.37. The maximum atomic E-state index is 4.52. The Morgan fingerprint density at radius 2 is 2.17 bits per heavy atom. The van der Waals surface area contributed by atoms with E-state index in [1.807, 2.05) is 23.9 Å². The van der Waals surface area contributed by atoms with Crippen LogP contribution < -0.4 is 10.6 Å². The van der Waals surface area contributed by atoms with Crippen molar-refractivity contribution in [2.75, 3.05) is 18.4 Å². The Hall–Kier alpha value is -2.60. The van der Waals surface area contributed by atoms with Gasteiger partial charge in [-0.15, -0.1) is 0 Å². The summed E-state index contributed by atoms with van der Waals surface area (Å²) in [5, 5.41) is 15.8. The summed E-state index contributed by atoms with van der Waals surface area (Å²) in [6.07, 6.45) is 3.74. The summed E-state index contributed by atoms with van der Waals surface area (Å²) in [6, 6.07) is 12.5. The Balaban J connectivity index is 1.28. The first-order chi connectivity index (χ1) is 11.8. The Morgan fingerprint density at radius 3 is 2.96 bits per heavy atom. The van der Waals surface area contributed by atoms with Gasteiger partial charge in [-0.05, 0) is 30.7 Å². The van der Waals surface area contributed by atoms with E-state index in [0.29, 0.717) is 5.92 Å². The molecule has 1 aliphatic heterocycles. The van der Waals surface area contributed by atoms with E-state index in [9.17, 15) is 0 Å². The highest BCUT2D eigenvalue weighted by atomic mass is 15.3. The largest absolute Gasteiger partial charge is 0.370 e. The lowest BCUT2D eigenvalue weighted by molar-refractivity contribution is 0.390. The average molecular weight is 322 g/mol. The molecule has 0 unspecified atom stereocenters. The van der Waals surface area contributed by atoms with Crippen molar-refractivity contribution in [2.45, 2.75) is 20.0 Å². The van der Waals surface area contributed by atoms with Crippen molar-refractivity contribution in [3.05, 3.63) is 60.0 Å². The Morgan fingerprint density at radius 1 is 1.29 bits per heavy atom. The maximum Gasteiger partial charge on any atom is 0.124 e. The quantitative estimate of drug-likeness (QED) is 0.756. The second kappa shape index (κ2) is 6.49. The molecule has 0 radical (unpaired) electrons. The van der Waals surface area contributed by atoms with Crippen molar-refractivity contribution in [1.82, 2.24) is 24.9 Å². The minimum Gasteiger partial charge on any atom is -0.370 e. The van der Waals surface area contributed by atoms with Crippen molar-refractivity contribution < 1.29 is 0 Å². The lowest BCUT2D eigenvalue weighted by atomic mass is 10.1. The predicted octanol–water partition coefficient (Wildman–Crippen LogP) is 2.21. The van der Waals surface area contributed by atoms with E-state index in [1.54, 1.807) is 6.20 Å². The van der Waals surface area contributed by atoms with Gasteiger partial charge >= 0.3 is 0 Å². The van der Waals surface area contributed by atoms with Crippen LogP contribution in [0.3, 0.4) is 0 Å². The highest BCUT2D eigenvalue weighted by Gasteiger charge is 2.18. The van der Waals surface area contributed by atoms with Crippen LogP contribution in [-0.2, 0) is 13.1 Å². The SMILES string of the molecule is Cc1cc2n(n1)C[C@@H](CNCc1ccc(-n3cccn3)cc1)CN2. The second-order valence-corrected chi connectivity index (χ2v) is 6.35. The fourth-order valence-electron chi connectivity index (χ4n) is 3.13. The van der Waals surface area contributed by atoms with Crippen molar-refractivity contribution in [2.24, 2.45) is 5.92 Å². The van der Waals surface area contributed by atoms with Gasteiger partial charge in [-0.1, -0.05) is 12.1 Å². The predicted molar refractivity (Wildman–Crippen MR) is 94.2 cm³/mol. The molecule has 124 valence electrons. The fraction of sp³-hybridized carbons (Fsp3) is 0.333. The van der Waals surface area contributed by atoms with Crippen LogP contribution in [0.1, 0.15) is 11.3 Å². The first kappa shape index (κ1) is 15.0. The third-order valence-corrected chi connectivity index (χ3v) is 4.37. The summed E-state index contributed by atoms with van der Waals surface area (Å²) < 4.78 is 3.94. The number of benzene rings is 1. The van der Waals surface area contributed by atoms with Crippen molar-refractivity contribution in [3.63, 3.8) is 0 Å². The van der Waals surface area contributed by atoms with Crippen LogP contribution in [0.2, 0.25) is 0 Å². The van der Waals surface area contributed by atoms with Crippen molar-refractivity contribution in [3.8, 4) is 5.69 Å². The van der Waals surface area contributed by atoms with Gasteiger partial charge in [-0.2, -0.15) is 10.2 Å². The standard InChI is InChI=1S/C18H22N6/c1-14-9-18-20-12-16(13-24(18)22-14)11-19-10-15-3-5-17(6-4-15)23-8-2-7-21-23/h2-9,16,19-20H,10-13H2,1H3/t16-/m0/s1. The molecule has 0 spiro atoms. The van der Waals surface area contributed by atoms with Crippen molar-refractivity contribution >= 4 is 5.82 Å². The van der Waals surface area contributed by atoms with Crippen LogP contribution in [0.15, 0.2) is 48.8 Å². The number of fused-ring (bicyclic) bond motifs is 1. The van der Waals surface area contributed by atoms with Gasteiger partial charge in [0.25, 0.3) is 0 Å². The third kappa shape index (κ3) is 3.19. The van der Waals surface area contributed by atoms with E-state index in [0.717, 1.165) is 43.4 Å². The van der Waals surface area contributed by atoms with E-state index in [-0.39, 0.29) is 0 Å².